The van der Waals surface area contributed by atoms with Crippen LogP contribution in [0.2, 0.25) is 0 Å². The molecule has 0 aromatic heterocycles. The van der Waals surface area contributed by atoms with Crippen LogP contribution in [-0.4, -0.2) is 30.8 Å². The number of ketones is 1. The standard InChI is InChI=1S/C14H17NO2/c1-17-12-5-3-10-6-9-2-4-11(16)7-13(9)15-14(10)8-12/h3,5-6,10,12-13H,2,4,7-8H2,1H3. The molecule has 1 aliphatic heterocycles. The first-order valence-electron chi connectivity index (χ1n) is 6.26. The van der Waals surface area contributed by atoms with E-state index in [1.54, 1.807) is 7.11 Å². The van der Waals surface area contributed by atoms with Gasteiger partial charge in [0.15, 0.2) is 0 Å². The second kappa shape index (κ2) is 4.22. The number of allylic oxidation sites excluding steroid dienone is 2. The Labute approximate surface area is 101 Å². The summed E-state index contributed by atoms with van der Waals surface area (Å²) in [7, 11) is 1.73. The SMILES string of the molecule is COC1C=CC2C=C3CCC(=O)CC3N=C2C1. The van der Waals surface area contributed by atoms with E-state index in [-0.39, 0.29) is 12.1 Å². The highest BCUT2D eigenvalue weighted by Crippen LogP contribution is 2.33. The molecule has 0 bridgehead atoms. The topological polar surface area (TPSA) is 38.7 Å². The van der Waals surface area contributed by atoms with Crippen LogP contribution in [-0.2, 0) is 9.53 Å². The number of aliphatic imine (C=N–C) groups is 1. The summed E-state index contributed by atoms with van der Waals surface area (Å²) in [5.41, 5.74) is 2.54. The Hall–Kier alpha value is -1.22. The normalized spacial score (nSPS) is 35.8. The van der Waals surface area contributed by atoms with Crippen molar-refractivity contribution in [2.45, 2.75) is 37.8 Å². The van der Waals surface area contributed by atoms with E-state index in [9.17, 15) is 4.79 Å². The quantitative estimate of drug-likeness (QED) is 0.648. The molecule has 0 radical (unpaired) electrons. The molecule has 2 aliphatic carbocycles. The molecule has 0 N–H and O–H groups in total. The average molecular weight is 231 g/mol. The first-order chi connectivity index (χ1) is 8.26. The van der Waals surface area contributed by atoms with Crippen molar-refractivity contribution in [2.24, 2.45) is 10.9 Å². The lowest BCUT2D eigenvalue weighted by atomic mass is 9.80. The van der Waals surface area contributed by atoms with Crippen LogP contribution >= 0.6 is 0 Å². The van der Waals surface area contributed by atoms with Gasteiger partial charge in [-0.2, -0.15) is 0 Å². The Morgan fingerprint density at radius 1 is 1.29 bits per heavy atom. The van der Waals surface area contributed by atoms with Gasteiger partial charge in [0.05, 0.1) is 12.1 Å². The number of ether oxygens (including phenoxy) is 1. The van der Waals surface area contributed by atoms with E-state index in [0.29, 0.717) is 24.5 Å². The fourth-order valence-electron chi connectivity index (χ4n) is 2.87. The third-order valence-electron chi connectivity index (χ3n) is 3.89. The zero-order valence-electron chi connectivity index (χ0n) is 10.1. The zero-order chi connectivity index (χ0) is 11.8. The molecule has 17 heavy (non-hydrogen) atoms. The van der Waals surface area contributed by atoms with Gasteiger partial charge in [-0.15, -0.1) is 0 Å². The molecule has 1 saturated carbocycles. The first-order valence-corrected chi connectivity index (χ1v) is 6.26. The monoisotopic (exact) mass is 231 g/mol. The van der Waals surface area contributed by atoms with Crippen LogP contribution in [0.15, 0.2) is 28.8 Å². The largest absolute Gasteiger partial charge is 0.377 e. The minimum absolute atomic E-state index is 0.131. The van der Waals surface area contributed by atoms with Crippen LogP contribution < -0.4 is 0 Å². The van der Waals surface area contributed by atoms with Gasteiger partial charge < -0.3 is 4.74 Å². The van der Waals surface area contributed by atoms with E-state index >= 15 is 0 Å². The van der Waals surface area contributed by atoms with Crippen molar-refractivity contribution in [1.82, 2.24) is 0 Å². The molecule has 0 amide bonds. The number of methoxy groups -OCH3 is 1. The van der Waals surface area contributed by atoms with Crippen LogP contribution in [0.1, 0.15) is 25.7 Å². The maximum atomic E-state index is 11.5. The maximum Gasteiger partial charge on any atom is 0.135 e. The van der Waals surface area contributed by atoms with Gasteiger partial charge in [-0.3, -0.25) is 9.79 Å². The molecule has 3 unspecified atom stereocenters. The highest BCUT2D eigenvalue weighted by molar-refractivity contribution is 5.93. The van der Waals surface area contributed by atoms with Gasteiger partial charge in [0.2, 0.25) is 0 Å². The number of Topliss-reactive ketones (excluding diaryl/α,β-unsaturated/α-hetero) is 1. The van der Waals surface area contributed by atoms with Gasteiger partial charge in [0.1, 0.15) is 5.78 Å². The Bertz CT molecular complexity index is 434. The highest BCUT2D eigenvalue weighted by atomic mass is 16.5. The highest BCUT2D eigenvalue weighted by Gasteiger charge is 2.31. The van der Waals surface area contributed by atoms with Crippen molar-refractivity contribution < 1.29 is 9.53 Å². The summed E-state index contributed by atoms with van der Waals surface area (Å²) in [5, 5.41) is 0. The maximum absolute atomic E-state index is 11.5. The summed E-state index contributed by atoms with van der Waals surface area (Å²) in [4.78, 5) is 16.2. The van der Waals surface area contributed by atoms with Crippen LogP contribution in [0, 0.1) is 5.92 Å². The molecule has 90 valence electrons. The average Bonchev–Trinajstić information content (AvgIpc) is 2.35. The minimum atomic E-state index is 0.131. The Morgan fingerprint density at radius 2 is 2.18 bits per heavy atom. The van der Waals surface area contributed by atoms with Crippen LogP contribution in [0.5, 0.6) is 0 Å². The van der Waals surface area contributed by atoms with Gasteiger partial charge in [-0.1, -0.05) is 18.2 Å². The van der Waals surface area contributed by atoms with E-state index in [1.807, 2.05) is 0 Å². The Kier molecular flexibility index (Phi) is 2.71. The number of nitrogens with zero attached hydrogens (tertiary/aromatic N) is 1. The summed E-state index contributed by atoms with van der Waals surface area (Å²) >= 11 is 0. The number of hydrogen-bond acceptors (Lipinski definition) is 3. The molecule has 3 nitrogen and oxygen atoms in total. The van der Waals surface area contributed by atoms with Gasteiger partial charge in [0, 0.05) is 38.0 Å². The van der Waals surface area contributed by atoms with Crippen molar-refractivity contribution in [2.75, 3.05) is 7.11 Å². The summed E-state index contributed by atoms with van der Waals surface area (Å²) in [6, 6.07) is 0.131. The fraction of sp³-hybridized carbons (Fsp3) is 0.571. The van der Waals surface area contributed by atoms with Crippen molar-refractivity contribution in [1.29, 1.82) is 0 Å². The second-order valence-electron chi connectivity index (χ2n) is 5.01. The molecule has 1 fully saturated rings. The van der Waals surface area contributed by atoms with E-state index < -0.39 is 0 Å². The van der Waals surface area contributed by atoms with E-state index in [1.165, 1.54) is 11.3 Å². The lowest BCUT2D eigenvalue weighted by Gasteiger charge is -2.32. The molecular formula is C14H17NO2. The van der Waals surface area contributed by atoms with Crippen LogP contribution in [0.4, 0.5) is 0 Å². The van der Waals surface area contributed by atoms with Crippen LogP contribution in [0.25, 0.3) is 0 Å². The van der Waals surface area contributed by atoms with E-state index in [2.05, 4.69) is 18.2 Å². The van der Waals surface area contributed by atoms with Crippen molar-refractivity contribution >= 4 is 11.5 Å². The molecule has 0 aromatic carbocycles. The number of fused-ring (bicyclic) bond motifs is 2. The zero-order valence-corrected chi connectivity index (χ0v) is 10.1. The molecule has 3 atom stereocenters. The van der Waals surface area contributed by atoms with Crippen LogP contribution in [0.3, 0.4) is 0 Å². The van der Waals surface area contributed by atoms with Crippen molar-refractivity contribution in [3.05, 3.63) is 23.8 Å². The molecule has 3 heteroatoms. The molecular weight excluding hydrogens is 214 g/mol. The molecule has 3 rings (SSSR count). The number of carbonyl (C=O) groups excluding carboxylic acids is 1. The fourth-order valence-corrected chi connectivity index (χ4v) is 2.87. The van der Waals surface area contributed by atoms with E-state index in [4.69, 9.17) is 9.73 Å². The number of carbonyl (C=O) groups is 1. The summed E-state index contributed by atoms with van der Waals surface area (Å²) in [6.07, 6.45) is 9.82. The minimum Gasteiger partial charge on any atom is -0.377 e. The predicted molar refractivity (Wildman–Crippen MR) is 66.2 cm³/mol. The number of hydrogen-bond donors (Lipinski definition) is 0. The molecule has 0 saturated heterocycles. The summed E-state index contributed by atoms with van der Waals surface area (Å²) in [6.45, 7) is 0. The third kappa shape index (κ3) is 2.00. The van der Waals surface area contributed by atoms with Gasteiger partial charge in [-0.05, 0) is 12.0 Å². The lowest BCUT2D eigenvalue weighted by molar-refractivity contribution is -0.119. The third-order valence-corrected chi connectivity index (χ3v) is 3.89. The first kappa shape index (κ1) is 10.9. The van der Waals surface area contributed by atoms with Gasteiger partial charge >= 0.3 is 0 Å². The van der Waals surface area contributed by atoms with E-state index in [0.717, 1.165) is 12.8 Å². The lowest BCUT2D eigenvalue weighted by Crippen LogP contribution is -2.32. The molecule has 1 heterocycles. The molecule has 0 spiro atoms. The number of rotatable bonds is 1. The van der Waals surface area contributed by atoms with Crippen molar-refractivity contribution in [3.8, 4) is 0 Å². The smallest absolute Gasteiger partial charge is 0.135 e. The summed E-state index contributed by atoms with van der Waals surface area (Å²) in [5.74, 6) is 0.699. The predicted octanol–water partition coefficient (Wildman–Crippen LogP) is 2.08. The van der Waals surface area contributed by atoms with Gasteiger partial charge in [0.25, 0.3) is 0 Å². The molecule has 0 aromatic rings. The Morgan fingerprint density at radius 3 is 3.00 bits per heavy atom. The van der Waals surface area contributed by atoms with Gasteiger partial charge in [-0.25, -0.2) is 0 Å². The second-order valence-corrected chi connectivity index (χ2v) is 5.01. The number of dihydropyridines is 1. The summed E-state index contributed by atoms with van der Waals surface area (Å²) < 4.78 is 5.34. The molecule has 3 aliphatic rings. The van der Waals surface area contributed by atoms with Crippen molar-refractivity contribution in [3.63, 3.8) is 0 Å². The Balaban J connectivity index is 1.87.